The number of carbonyl (C=O) groups excluding carboxylic acids is 3. The molecule has 0 saturated heterocycles. The van der Waals surface area contributed by atoms with Crippen molar-refractivity contribution in [2.24, 2.45) is 23.5 Å². The van der Waals surface area contributed by atoms with Crippen LogP contribution in [0.4, 0.5) is 0 Å². The average Bonchev–Trinajstić information content (AvgIpc) is 2.66. The van der Waals surface area contributed by atoms with Gasteiger partial charge in [-0.1, -0.05) is 48.0 Å². The number of rotatable bonds is 13. The molecule has 3 amide bonds. The van der Waals surface area contributed by atoms with E-state index in [1.807, 2.05) is 20.8 Å². The lowest BCUT2D eigenvalue weighted by atomic mass is 9.96. The molecule has 0 aromatic heterocycles. The van der Waals surface area contributed by atoms with E-state index in [2.05, 4.69) is 16.0 Å². The van der Waals surface area contributed by atoms with Crippen molar-refractivity contribution in [2.75, 3.05) is 0 Å². The second-order valence-corrected chi connectivity index (χ2v) is 8.90. The maximum absolute atomic E-state index is 12.8. The van der Waals surface area contributed by atoms with Crippen molar-refractivity contribution >= 4 is 23.7 Å². The maximum Gasteiger partial charge on any atom is 0.326 e. The number of aliphatic hydroxyl groups excluding tert-OH is 1. The number of carboxylic acids is 1. The van der Waals surface area contributed by atoms with Crippen molar-refractivity contribution < 1.29 is 29.4 Å². The highest BCUT2D eigenvalue weighted by Gasteiger charge is 2.34. The Kier molecular flexibility index (Phi) is 12.3. The summed E-state index contributed by atoms with van der Waals surface area (Å²) in [5.74, 6) is -3.60. The molecule has 0 aliphatic heterocycles. The third-order valence-electron chi connectivity index (χ3n) is 5.20. The summed E-state index contributed by atoms with van der Waals surface area (Å²) in [6, 6.07) is -4.31. The van der Waals surface area contributed by atoms with Crippen LogP contribution in [0, 0.1) is 17.8 Å². The van der Waals surface area contributed by atoms with Gasteiger partial charge in [0.05, 0.1) is 12.1 Å². The van der Waals surface area contributed by atoms with Crippen molar-refractivity contribution in [1.29, 1.82) is 0 Å². The Morgan fingerprint density at radius 1 is 0.839 bits per heavy atom. The van der Waals surface area contributed by atoms with Gasteiger partial charge in [0.1, 0.15) is 18.1 Å². The van der Waals surface area contributed by atoms with Crippen LogP contribution in [0.15, 0.2) is 0 Å². The van der Waals surface area contributed by atoms with Crippen LogP contribution in [-0.2, 0) is 19.2 Å². The molecule has 10 nitrogen and oxygen atoms in total. The van der Waals surface area contributed by atoms with E-state index in [0.29, 0.717) is 6.42 Å². The Morgan fingerprint density at radius 3 is 1.71 bits per heavy atom. The number of hydrogen-bond donors (Lipinski definition) is 6. The topological polar surface area (TPSA) is 171 Å². The summed E-state index contributed by atoms with van der Waals surface area (Å²) in [5.41, 5.74) is 5.81. The Hall–Kier alpha value is -2.20. The first-order valence-corrected chi connectivity index (χ1v) is 10.8. The number of aliphatic hydroxyl groups is 1. The third-order valence-corrected chi connectivity index (χ3v) is 5.20. The zero-order valence-electron chi connectivity index (χ0n) is 19.6. The summed E-state index contributed by atoms with van der Waals surface area (Å²) in [6.45, 7) is 12.1. The molecule has 0 aliphatic rings. The molecule has 7 N–H and O–H groups in total. The van der Waals surface area contributed by atoms with Gasteiger partial charge in [0.25, 0.3) is 0 Å². The zero-order valence-corrected chi connectivity index (χ0v) is 19.6. The lowest BCUT2D eigenvalue weighted by Crippen LogP contribution is -2.61. The first kappa shape index (κ1) is 28.8. The molecule has 6 unspecified atom stereocenters. The predicted molar refractivity (Wildman–Crippen MR) is 117 cm³/mol. The fourth-order valence-electron chi connectivity index (χ4n) is 2.86. The van der Waals surface area contributed by atoms with Gasteiger partial charge in [0, 0.05) is 0 Å². The van der Waals surface area contributed by atoms with E-state index in [-0.39, 0.29) is 24.2 Å². The van der Waals surface area contributed by atoms with E-state index in [1.165, 1.54) is 6.92 Å². The molecule has 10 heteroatoms. The molecule has 0 aromatic rings. The Labute approximate surface area is 184 Å². The fraction of sp³-hybridized carbons (Fsp3) is 0.810. The summed E-state index contributed by atoms with van der Waals surface area (Å²) >= 11 is 0. The van der Waals surface area contributed by atoms with Crippen LogP contribution < -0.4 is 21.7 Å². The lowest BCUT2D eigenvalue weighted by molar-refractivity contribution is -0.143. The van der Waals surface area contributed by atoms with Crippen LogP contribution in [-0.4, -0.2) is 64.2 Å². The van der Waals surface area contributed by atoms with Crippen LogP contribution in [0.1, 0.15) is 61.3 Å². The monoisotopic (exact) mass is 444 g/mol. The van der Waals surface area contributed by atoms with Gasteiger partial charge in [0.15, 0.2) is 0 Å². The van der Waals surface area contributed by atoms with E-state index >= 15 is 0 Å². The molecule has 0 spiro atoms. The van der Waals surface area contributed by atoms with Gasteiger partial charge in [-0.3, -0.25) is 14.4 Å². The smallest absolute Gasteiger partial charge is 0.326 e. The molecule has 180 valence electrons. The minimum atomic E-state index is -1.32. The fourth-order valence-corrected chi connectivity index (χ4v) is 2.86. The van der Waals surface area contributed by atoms with Crippen molar-refractivity contribution in [3.05, 3.63) is 0 Å². The van der Waals surface area contributed by atoms with Gasteiger partial charge in [-0.2, -0.15) is 0 Å². The molecular formula is C21H40N4O6. The SMILES string of the molecule is CCC(C)C(NC(=O)C(NC(=O)C(N)C(C)C)C(C)O)C(=O)NC(CC(C)C)C(=O)O. The van der Waals surface area contributed by atoms with Gasteiger partial charge < -0.3 is 31.9 Å². The van der Waals surface area contributed by atoms with Gasteiger partial charge in [-0.15, -0.1) is 0 Å². The van der Waals surface area contributed by atoms with Gasteiger partial charge in [-0.05, 0) is 31.1 Å². The number of nitrogens with two attached hydrogens (primary N) is 1. The highest BCUT2D eigenvalue weighted by atomic mass is 16.4. The molecule has 0 aromatic carbocycles. The van der Waals surface area contributed by atoms with Gasteiger partial charge in [-0.25, -0.2) is 4.79 Å². The highest BCUT2D eigenvalue weighted by molar-refractivity contribution is 5.94. The molecule has 31 heavy (non-hydrogen) atoms. The number of carboxylic acid groups (broad SMARTS) is 1. The Balaban J connectivity index is 5.51. The standard InChI is InChI=1S/C21H40N4O6/c1-8-12(6)16(19(28)23-14(21(30)31)9-10(2)3)24-20(29)17(13(7)26)25-18(27)15(22)11(4)5/h10-17,26H,8-9,22H2,1-7H3,(H,23,28)(H,24,29)(H,25,27)(H,30,31). The Morgan fingerprint density at radius 2 is 1.32 bits per heavy atom. The quantitative estimate of drug-likeness (QED) is 0.232. The normalized spacial score (nSPS) is 17.3. The lowest BCUT2D eigenvalue weighted by Gasteiger charge is -2.29. The second-order valence-electron chi connectivity index (χ2n) is 8.90. The molecule has 0 bridgehead atoms. The van der Waals surface area contributed by atoms with E-state index in [0.717, 1.165) is 0 Å². The highest BCUT2D eigenvalue weighted by Crippen LogP contribution is 2.11. The number of amides is 3. The third kappa shape index (κ3) is 9.65. The van der Waals surface area contributed by atoms with Crippen LogP contribution in [0.3, 0.4) is 0 Å². The van der Waals surface area contributed by atoms with Crippen LogP contribution >= 0.6 is 0 Å². The summed E-state index contributed by atoms with van der Waals surface area (Å²) in [5, 5.41) is 26.9. The van der Waals surface area contributed by atoms with Crippen LogP contribution in [0.5, 0.6) is 0 Å². The number of aliphatic carboxylic acids is 1. The molecule has 6 atom stereocenters. The average molecular weight is 445 g/mol. The van der Waals surface area contributed by atoms with E-state index in [9.17, 15) is 29.4 Å². The molecule has 0 saturated carbocycles. The molecule has 0 aliphatic carbocycles. The predicted octanol–water partition coefficient (Wildman–Crippen LogP) is -0.0183. The molecule has 0 fully saturated rings. The Bertz CT molecular complexity index is 623. The molecule has 0 heterocycles. The summed E-state index contributed by atoms with van der Waals surface area (Å²) < 4.78 is 0. The van der Waals surface area contributed by atoms with Crippen molar-refractivity contribution in [3.8, 4) is 0 Å². The van der Waals surface area contributed by atoms with E-state index < -0.39 is 54.0 Å². The zero-order chi connectivity index (χ0) is 24.5. The molecule has 0 radical (unpaired) electrons. The maximum atomic E-state index is 12.8. The van der Waals surface area contributed by atoms with Crippen molar-refractivity contribution in [3.63, 3.8) is 0 Å². The summed E-state index contributed by atoms with van der Waals surface area (Å²) in [4.78, 5) is 49.4. The first-order chi connectivity index (χ1) is 14.2. The van der Waals surface area contributed by atoms with Gasteiger partial charge >= 0.3 is 5.97 Å². The largest absolute Gasteiger partial charge is 0.480 e. The summed E-state index contributed by atoms with van der Waals surface area (Å²) in [7, 11) is 0. The first-order valence-electron chi connectivity index (χ1n) is 10.8. The number of hydrogen-bond acceptors (Lipinski definition) is 6. The molecule has 0 rings (SSSR count). The number of nitrogens with one attached hydrogen (secondary N) is 3. The van der Waals surface area contributed by atoms with E-state index in [4.69, 9.17) is 5.73 Å². The molecular weight excluding hydrogens is 404 g/mol. The van der Waals surface area contributed by atoms with Crippen molar-refractivity contribution in [2.45, 2.75) is 91.6 Å². The van der Waals surface area contributed by atoms with Crippen molar-refractivity contribution in [1.82, 2.24) is 16.0 Å². The minimum Gasteiger partial charge on any atom is -0.480 e. The van der Waals surface area contributed by atoms with Crippen LogP contribution in [0.2, 0.25) is 0 Å². The summed E-state index contributed by atoms with van der Waals surface area (Å²) in [6.07, 6.45) is -0.469. The van der Waals surface area contributed by atoms with E-state index in [1.54, 1.807) is 20.8 Å². The number of carbonyl (C=O) groups is 4. The van der Waals surface area contributed by atoms with Gasteiger partial charge in [0.2, 0.25) is 17.7 Å². The van der Waals surface area contributed by atoms with Crippen LogP contribution in [0.25, 0.3) is 0 Å². The minimum absolute atomic E-state index is 0.0398. The second kappa shape index (κ2) is 13.3.